The summed E-state index contributed by atoms with van der Waals surface area (Å²) >= 11 is 1.91. The molecule has 1 aliphatic carbocycles. The third kappa shape index (κ3) is 5.27. The number of nitrogens with zero attached hydrogens (tertiary/aromatic N) is 4. The molecule has 0 saturated carbocycles. The van der Waals surface area contributed by atoms with Crippen LogP contribution in [0.1, 0.15) is 88.4 Å². The first kappa shape index (κ1) is 23.5. The highest BCUT2D eigenvalue weighted by Crippen LogP contribution is 2.41. The molecule has 32 heavy (non-hydrogen) atoms. The number of thiophene rings is 1. The van der Waals surface area contributed by atoms with Crippen molar-refractivity contribution in [2.24, 2.45) is 5.92 Å². The monoisotopic (exact) mass is 456 g/mol. The van der Waals surface area contributed by atoms with E-state index >= 15 is 0 Å². The first-order valence-electron chi connectivity index (χ1n) is 12.9. The maximum atomic E-state index is 12.7. The van der Waals surface area contributed by atoms with Crippen LogP contribution in [-0.4, -0.2) is 47.0 Å². The highest BCUT2D eigenvalue weighted by molar-refractivity contribution is 7.19. The Morgan fingerprint density at radius 2 is 1.81 bits per heavy atom. The Kier molecular flexibility index (Phi) is 8.03. The maximum absolute atomic E-state index is 12.7. The van der Waals surface area contributed by atoms with E-state index in [1.54, 1.807) is 0 Å². The lowest BCUT2D eigenvalue weighted by molar-refractivity contribution is -0.131. The number of hydrogen-bond donors (Lipinski definition) is 0. The number of hydrogen-bond acceptors (Lipinski definition) is 5. The van der Waals surface area contributed by atoms with E-state index in [2.05, 4.69) is 30.6 Å². The van der Waals surface area contributed by atoms with Crippen LogP contribution in [0.15, 0.2) is 0 Å². The van der Waals surface area contributed by atoms with Gasteiger partial charge in [0.25, 0.3) is 0 Å². The number of rotatable bonds is 9. The van der Waals surface area contributed by atoms with E-state index in [4.69, 9.17) is 9.97 Å². The molecule has 0 aromatic carbocycles. The van der Waals surface area contributed by atoms with Crippen molar-refractivity contribution >= 4 is 33.3 Å². The number of fused-ring (bicyclic) bond motifs is 3. The second-order valence-electron chi connectivity index (χ2n) is 9.78. The quantitative estimate of drug-likeness (QED) is 0.449. The lowest BCUT2D eigenvalue weighted by atomic mass is 9.89. The second-order valence-corrected chi connectivity index (χ2v) is 10.9. The fourth-order valence-electron chi connectivity index (χ4n) is 5.07. The first-order valence-corrected chi connectivity index (χ1v) is 13.8. The molecule has 2 aliphatic rings. The van der Waals surface area contributed by atoms with Crippen molar-refractivity contribution in [2.75, 3.05) is 31.1 Å². The first-order chi connectivity index (χ1) is 15.6. The normalized spacial score (nSPS) is 18.9. The Bertz CT molecular complexity index is 916. The zero-order valence-corrected chi connectivity index (χ0v) is 21.1. The van der Waals surface area contributed by atoms with Crippen molar-refractivity contribution in [3.05, 3.63) is 16.3 Å². The molecule has 6 heteroatoms. The van der Waals surface area contributed by atoms with Gasteiger partial charge in [0, 0.05) is 43.9 Å². The van der Waals surface area contributed by atoms with Crippen LogP contribution in [0.2, 0.25) is 0 Å². The summed E-state index contributed by atoms with van der Waals surface area (Å²) in [6, 6.07) is 0. The minimum Gasteiger partial charge on any atom is -0.352 e. The summed E-state index contributed by atoms with van der Waals surface area (Å²) in [5.41, 5.74) is 1.51. The SMILES string of the molecule is CCCCCCC(=O)N1CCN(c2nc(CCCC)nc3sc4c(c23)CCC(C)C4)CC1. The Labute approximate surface area is 197 Å². The number of piperazine rings is 1. The van der Waals surface area contributed by atoms with Gasteiger partial charge < -0.3 is 9.80 Å². The lowest BCUT2D eigenvalue weighted by Gasteiger charge is -2.36. The average molecular weight is 457 g/mol. The smallest absolute Gasteiger partial charge is 0.222 e. The van der Waals surface area contributed by atoms with E-state index in [0.29, 0.717) is 12.3 Å². The molecule has 3 heterocycles. The van der Waals surface area contributed by atoms with Gasteiger partial charge in [-0.15, -0.1) is 11.3 Å². The molecule has 1 fully saturated rings. The summed E-state index contributed by atoms with van der Waals surface area (Å²) in [7, 11) is 0. The topological polar surface area (TPSA) is 49.3 Å². The number of unbranched alkanes of at least 4 members (excludes halogenated alkanes) is 4. The molecule has 0 bridgehead atoms. The van der Waals surface area contributed by atoms with Gasteiger partial charge in [-0.3, -0.25) is 4.79 Å². The number of carbonyl (C=O) groups excluding carboxylic acids is 1. The van der Waals surface area contributed by atoms with Gasteiger partial charge >= 0.3 is 0 Å². The molecule has 1 atom stereocenters. The zero-order chi connectivity index (χ0) is 22.5. The lowest BCUT2D eigenvalue weighted by Crippen LogP contribution is -2.49. The molecular weight excluding hydrogens is 416 g/mol. The summed E-state index contributed by atoms with van der Waals surface area (Å²) in [5, 5.41) is 1.32. The molecule has 1 amide bonds. The van der Waals surface area contributed by atoms with E-state index < -0.39 is 0 Å². The van der Waals surface area contributed by atoms with Crippen LogP contribution in [0, 0.1) is 5.92 Å². The van der Waals surface area contributed by atoms with Gasteiger partial charge in [0.2, 0.25) is 5.91 Å². The predicted octanol–water partition coefficient (Wildman–Crippen LogP) is 5.78. The van der Waals surface area contributed by atoms with Crippen molar-refractivity contribution in [1.29, 1.82) is 0 Å². The second kappa shape index (κ2) is 11.0. The fraction of sp³-hybridized carbons (Fsp3) is 0.731. The molecule has 4 rings (SSSR count). The summed E-state index contributed by atoms with van der Waals surface area (Å²) in [6.07, 6.45) is 12.2. The van der Waals surface area contributed by atoms with Crippen LogP contribution in [0.25, 0.3) is 10.2 Å². The highest BCUT2D eigenvalue weighted by Gasteiger charge is 2.28. The number of amides is 1. The van der Waals surface area contributed by atoms with Crippen LogP contribution < -0.4 is 4.90 Å². The Morgan fingerprint density at radius 1 is 1.03 bits per heavy atom. The van der Waals surface area contributed by atoms with Crippen LogP contribution in [0.5, 0.6) is 0 Å². The van der Waals surface area contributed by atoms with E-state index in [1.807, 2.05) is 11.3 Å². The van der Waals surface area contributed by atoms with Gasteiger partial charge in [-0.25, -0.2) is 9.97 Å². The minimum absolute atomic E-state index is 0.333. The van der Waals surface area contributed by atoms with Crippen molar-refractivity contribution in [1.82, 2.24) is 14.9 Å². The Morgan fingerprint density at radius 3 is 2.56 bits per heavy atom. The van der Waals surface area contributed by atoms with E-state index in [9.17, 15) is 4.79 Å². The summed E-state index contributed by atoms with van der Waals surface area (Å²) in [6.45, 7) is 10.2. The van der Waals surface area contributed by atoms with E-state index in [0.717, 1.165) is 75.8 Å². The molecule has 1 aliphatic heterocycles. The van der Waals surface area contributed by atoms with Crippen molar-refractivity contribution in [3.8, 4) is 0 Å². The summed E-state index contributed by atoms with van der Waals surface area (Å²) in [4.78, 5) is 30.0. The molecule has 1 saturated heterocycles. The van der Waals surface area contributed by atoms with Crippen molar-refractivity contribution in [2.45, 2.75) is 91.4 Å². The Hall–Kier alpha value is -1.69. The molecule has 2 aromatic rings. The van der Waals surface area contributed by atoms with Gasteiger partial charge in [-0.2, -0.15) is 0 Å². The third-order valence-electron chi connectivity index (χ3n) is 7.11. The highest BCUT2D eigenvalue weighted by atomic mass is 32.1. The zero-order valence-electron chi connectivity index (χ0n) is 20.3. The predicted molar refractivity (Wildman–Crippen MR) is 135 cm³/mol. The maximum Gasteiger partial charge on any atom is 0.222 e. The standard InChI is InChI=1S/C26H40N4OS/c1-4-6-8-9-11-23(31)29-14-16-30(17-15-29)25-24-20-13-12-19(3)18-21(20)32-26(24)28-22(27-25)10-7-5-2/h19H,4-18H2,1-3H3. The number of carbonyl (C=O) groups is 1. The number of aryl methyl sites for hydroxylation is 2. The van der Waals surface area contributed by atoms with Crippen LogP contribution in [-0.2, 0) is 24.1 Å². The Balaban J connectivity index is 1.52. The third-order valence-corrected chi connectivity index (χ3v) is 8.26. The van der Waals surface area contributed by atoms with Gasteiger partial charge in [0.05, 0.1) is 5.39 Å². The summed E-state index contributed by atoms with van der Waals surface area (Å²) < 4.78 is 0. The number of anilines is 1. The molecular formula is C26H40N4OS. The largest absolute Gasteiger partial charge is 0.352 e. The van der Waals surface area contributed by atoms with Gasteiger partial charge in [-0.1, -0.05) is 46.5 Å². The van der Waals surface area contributed by atoms with Gasteiger partial charge in [0.1, 0.15) is 16.5 Å². The molecule has 1 unspecified atom stereocenters. The average Bonchev–Trinajstić information content (AvgIpc) is 3.17. The van der Waals surface area contributed by atoms with E-state index in [1.165, 1.54) is 52.8 Å². The minimum atomic E-state index is 0.333. The molecule has 176 valence electrons. The molecule has 0 spiro atoms. The van der Waals surface area contributed by atoms with Gasteiger partial charge in [0.15, 0.2) is 0 Å². The van der Waals surface area contributed by atoms with E-state index in [-0.39, 0.29) is 0 Å². The fourth-order valence-corrected chi connectivity index (χ4v) is 6.47. The van der Waals surface area contributed by atoms with Crippen LogP contribution >= 0.6 is 11.3 Å². The molecule has 2 aromatic heterocycles. The van der Waals surface area contributed by atoms with Crippen molar-refractivity contribution < 1.29 is 4.79 Å². The molecule has 0 radical (unpaired) electrons. The molecule has 0 N–H and O–H groups in total. The van der Waals surface area contributed by atoms with Crippen LogP contribution in [0.4, 0.5) is 5.82 Å². The van der Waals surface area contributed by atoms with Gasteiger partial charge in [-0.05, 0) is 43.6 Å². The van der Waals surface area contributed by atoms with Crippen molar-refractivity contribution in [3.63, 3.8) is 0 Å². The number of aromatic nitrogens is 2. The van der Waals surface area contributed by atoms with Crippen LogP contribution in [0.3, 0.4) is 0 Å². The molecule has 5 nitrogen and oxygen atoms in total. The summed E-state index contributed by atoms with van der Waals surface area (Å²) in [5.74, 6) is 3.23.